The monoisotopic (exact) mass is 383 g/mol. The van der Waals surface area contributed by atoms with Crippen molar-refractivity contribution in [2.24, 2.45) is 0 Å². The van der Waals surface area contributed by atoms with Crippen LogP contribution in [0.5, 0.6) is 0 Å². The Morgan fingerprint density at radius 2 is 1.93 bits per heavy atom. The number of rotatable bonds is 7. The third-order valence-electron chi connectivity index (χ3n) is 4.70. The predicted octanol–water partition coefficient (Wildman–Crippen LogP) is 1.68. The molecular weight excluding hydrogens is 358 g/mol. The van der Waals surface area contributed by atoms with E-state index in [4.69, 9.17) is 4.74 Å². The molecule has 28 heavy (non-hydrogen) atoms. The van der Waals surface area contributed by atoms with Crippen LogP contribution >= 0.6 is 0 Å². The number of aliphatic hydroxyl groups excluding tert-OH is 1. The van der Waals surface area contributed by atoms with Crippen molar-refractivity contribution in [1.82, 2.24) is 10.3 Å². The molecule has 0 unspecified atom stereocenters. The predicted molar refractivity (Wildman–Crippen MR) is 105 cm³/mol. The summed E-state index contributed by atoms with van der Waals surface area (Å²) in [5.41, 5.74) is 1.57. The van der Waals surface area contributed by atoms with Gasteiger partial charge in [-0.15, -0.1) is 0 Å². The fourth-order valence-electron chi connectivity index (χ4n) is 3.33. The minimum Gasteiger partial charge on any atom is -0.394 e. The molecule has 2 amide bonds. The first-order valence-corrected chi connectivity index (χ1v) is 9.43. The number of carbonyl (C=O) groups is 2. The number of nitrogens with zero attached hydrogens (tertiary/aromatic N) is 1. The zero-order valence-electron chi connectivity index (χ0n) is 15.6. The fraction of sp³-hybridized carbons (Fsp3) is 0.381. The molecular formula is C21H25N3O4. The van der Waals surface area contributed by atoms with Gasteiger partial charge in [0.1, 0.15) is 6.10 Å². The van der Waals surface area contributed by atoms with E-state index in [1.165, 1.54) is 0 Å². The number of amides is 2. The average Bonchev–Trinajstić information content (AvgIpc) is 2.70. The molecule has 3 N–H and O–H groups in total. The highest BCUT2D eigenvalue weighted by atomic mass is 16.5. The fourth-order valence-corrected chi connectivity index (χ4v) is 3.33. The van der Waals surface area contributed by atoms with Gasteiger partial charge in [0.05, 0.1) is 31.6 Å². The zero-order chi connectivity index (χ0) is 19.8. The lowest BCUT2D eigenvalue weighted by Gasteiger charge is -2.36. The second kappa shape index (κ2) is 9.96. The largest absolute Gasteiger partial charge is 0.394 e. The quantitative estimate of drug-likeness (QED) is 0.675. The number of anilines is 1. The van der Waals surface area contributed by atoms with Gasteiger partial charge in [-0.3, -0.25) is 14.6 Å². The van der Waals surface area contributed by atoms with Crippen molar-refractivity contribution in [2.75, 3.05) is 11.9 Å². The van der Waals surface area contributed by atoms with E-state index in [1.54, 1.807) is 18.5 Å². The number of ether oxygens (including phenoxy) is 1. The van der Waals surface area contributed by atoms with Crippen LogP contribution in [0.25, 0.3) is 0 Å². The molecule has 2 aromatic rings. The minimum absolute atomic E-state index is 0.132. The SMILES string of the molecule is O=C(C[C@@H]1CC[C@@H](NC(=O)Cc2cccnc2)[C@H](CO)O1)Nc1ccccc1. The van der Waals surface area contributed by atoms with Gasteiger partial charge in [-0.1, -0.05) is 24.3 Å². The van der Waals surface area contributed by atoms with Gasteiger partial charge < -0.3 is 20.5 Å². The molecule has 3 rings (SSSR count). The van der Waals surface area contributed by atoms with Crippen LogP contribution in [0.15, 0.2) is 54.9 Å². The first-order chi connectivity index (χ1) is 13.6. The second-order valence-electron chi connectivity index (χ2n) is 6.89. The summed E-state index contributed by atoms with van der Waals surface area (Å²) < 4.78 is 5.87. The summed E-state index contributed by atoms with van der Waals surface area (Å²) in [4.78, 5) is 28.5. The van der Waals surface area contributed by atoms with E-state index in [0.29, 0.717) is 12.8 Å². The average molecular weight is 383 g/mol. The first-order valence-electron chi connectivity index (χ1n) is 9.43. The van der Waals surface area contributed by atoms with Gasteiger partial charge in [0, 0.05) is 18.1 Å². The molecule has 7 nitrogen and oxygen atoms in total. The summed E-state index contributed by atoms with van der Waals surface area (Å²) in [5, 5.41) is 15.4. The number of para-hydroxylation sites is 1. The van der Waals surface area contributed by atoms with Crippen molar-refractivity contribution in [1.29, 1.82) is 0 Å². The van der Waals surface area contributed by atoms with E-state index >= 15 is 0 Å². The minimum atomic E-state index is -0.527. The van der Waals surface area contributed by atoms with Gasteiger partial charge in [0.25, 0.3) is 0 Å². The number of aromatic nitrogens is 1. The lowest BCUT2D eigenvalue weighted by atomic mass is 9.96. The highest BCUT2D eigenvalue weighted by molar-refractivity contribution is 5.91. The van der Waals surface area contributed by atoms with Crippen LogP contribution in [-0.2, 0) is 20.7 Å². The van der Waals surface area contributed by atoms with Crippen molar-refractivity contribution in [3.05, 3.63) is 60.4 Å². The normalized spacial score (nSPS) is 21.7. The number of aliphatic hydroxyl groups is 1. The van der Waals surface area contributed by atoms with Crippen LogP contribution in [0.4, 0.5) is 5.69 Å². The topological polar surface area (TPSA) is 101 Å². The Morgan fingerprint density at radius 3 is 2.64 bits per heavy atom. The summed E-state index contributed by atoms with van der Waals surface area (Å²) in [7, 11) is 0. The number of nitrogens with one attached hydrogen (secondary N) is 2. The molecule has 0 radical (unpaired) electrons. The van der Waals surface area contributed by atoms with Crippen LogP contribution < -0.4 is 10.6 Å². The van der Waals surface area contributed by atoms with Gasteiger partial charge in [-0.2, -0.15) is 0 Å². The maximum absolute atomic E-state index is 12.3. The molecule has 1 fully saturated rings. The maximum atomic E-state index is 12.3. The smallest absolute Gasteiger partial charge is 0.226 e. The standard InChI is InChI=1S/C21H25N3O4/c25-14-19-18(24-20(26)11-15-5-4-10-22-13-15)9-8-17(28-19)12-21(27)23-16-6-2-1-3-7-16/h1-7,10,13,17-19,25H,8-9,11-12,14H2,(H,23,27)(H,24,26)/t17-,18+,19-/m0/s1. The van der Waals surface area contributed by atoms with Crippen molar-refractivity contribution in [2.45, 2.75) is 43.9 Å². The highest BCUT2D eigenvalue weighted by Crippen LogP contribution is 2.22. The number of carbonyl (C=O) groups excluding carboxylic acids is 2. The van der Waals surface area contributed by atoms with Crippen LogP contribution in [0.2, 0.25) is 0 Å². The molecule has 1 aliphatic rings. The summed E-state index contributed by atoms with van der Waals surface area (Å²) in [6.45, 7) is -0.214. The Labute approximate surface area is 164 Å². The molecule has 1 aliphatic heterocycles. The Bertz CT molecular complexity index is 770. The molecule has 148 valence electrons. The summed E-state index contributed by atoms with van der Waals surface area (Å²) >= 11 is 0. The molecule has 2 heterocycles. The second-order valence-corrected chi connectivity index (χ2v) is 6.89. The molecule has 0 bridgehead atoms. The summed E-state index contributed by atoms with van der Waals surface area (Å²) in [5.74, 6) is -0.271. The van der Waals surface area contributed by atoms with Gasteiger partial charge in [-0.25, -0.2) is 0 Å². The van der Waals surface area contributed by atoms with Crippen LogP contribution in [0, 0.1) is 0 Å². The van der Waals surface area contributed by atoms with E-state index in [2.05, 4.69) is 15.6 Å². The van der Waals surface area contributed by atoms with Crippen molar-refractivity contribution < 1.29 is 19.4 Å². The molecule has 1 aromatic carbocycles. The van der Waals surface area contributed by atoms with Gasteiger partial charge >= 0.3 is 0 Å². The van der Waals surface area contributed by atoms with E-state index in [0.717, 1.165) is 11.3 Å². The lowest BCUT2D eigenvalue weighted by molar-refractivity contribution is -0.133. The van der Waals surface area contributed by atoms with Crippen LogP contribution in [0.1, 0.15) is 24.8 Å². The Balaban J connectivity index is 1.47. The summed E-state index contributed by atoms with van der Waals surface area (Å²) in [6.07, 6.45) is 4.22. The third kappa shape index (κ3) is 5.87. The molecule has 0 saturated carbocycles. The van der Waals surface area contributed by atoms with Crippen LogP contribution in [-0.4, -0.2) is 46.8 Å². The molecule has 0 aliphatic carbocycles. The van der Waals surface area contributed by atoms with E-state index in [9.17, 15) is 14.7 Å². The van der Waals surface area contributed by atoms with Gasteiger partial charge in [-0.05, 0) is 36.6 Å². The molecule has 7 heteroatoms. The number of hydrogen-bond donors (Lipinski definition) is 3. The van der Waals surface area contributed by atoms with Gasteiger partial charge in [0.2, 0.25) is 11.8 Å². The molecule has 0 spiro atoms. The molecule has 1 aromatic heterocycles. The van der Waals surface area contributed by atoms with E-state index < -0.39 is 6.10 Å². The number of hydrogen-bond acceptors (Lipinski definition) is 5. The maximum Gasteiger partial charge on any atom is 0.226 e. The Hall–Kier alpha value is -2.77. The zero-order valence-corrected chi connectivity index (χ0v) is 15.6. The van der Waals surface area contributed by atoms with E-state index in [1.807, 2.05) is 36.4 Å². The van der Waals surface area contributed by atoms with E-state index in [-0.39, 0.29) is 43.4 Å². The third-order valence-corrected chi connectivity index (χ3v) is 4.70. The lowest BCUT2D eigenvalue weighted by Crippen LogP contribution is -2.51. The Morgan fingerprint density at radius 1 is 1.11 bits per heavy atom. The highest BCUT2D eigenvalue weighted by Gasteiger charge is 2.32. The van der Waals surface area contributed by atoms with Crippen molar-refractivity contribution in [3.8, 4) is 0 Å². The number of pyridine rings is 1. The Kier molecular flexibility index (Phi) is 7.11. The van der Waals surface area contributed by atoms with Gasteiger partial charge in [0.15, 0.2) is 0 Å². The molecule has 3 atom stereocenters. The van der Waals surface area contributed by atoms with Crippen LogP contribution in [0.3, 0.4) is 0 Å². The molecule has 1 saturated heterocycles. The van der Waals surface area contributed by atoms with Crippen molar-refractivity contribution >= 4 is 17.5 Å². The van der Waals surface area contributed by atoms with Crippen molar-refractivity contribution in [3.63, 3.8) is 0 Å². The first kappa shape index (κ1) is 20.0. The number of benzene rings is 1. The summed E-state index contributed by atoms with van der Waals surface area (Å²) in [6, 6.07) is 12.6.